The molecule has 0 amide bonds. The third-order valence-corrected chi connectivity index (χ3v) is 6.33. The molecule has 2 aliphatic rings. The minimum Gasteiger partial charge on any atom is -0.337 e. The van der Waals surface area contributed by atoms with Crippen LogP contribution in [0.5, 0.6) is 0 Å². The van der Waals surface area contributed by atoms with Crippen LogP contribution in [-0.2, 0) is 13.6 Å². The molecule has 0 saturated heterocycles. The predicted octanol–water partition coefficient (Wildman–Crippen LogP) is 3.03. The van der Waals surface area contributed by atoms with E-state index in [4.69, 9.17) is 16.1 Å². The highest BCUT2D eigenvalue weighted by atomic mass is 35.5. The molecule has 4 aromatic rings. The molecule has 1 aromatic carbocycles. The van der Waals surface area contributed by atoms with Gasteiger partial charge >= 0.3 is 0 Å². The minimum absolute atomic E-state index is 0.182. The van der Waals surface area contributed by atoms with E-state index in [2.05, 4.69) is 38.3 Å². The van der Waals surface area contributed by atoms with Gasteiger partial charge in [-0.2, -0.15) is 4.98 Å². The van der Waals surface area contributed by atoms with Crippen molar-refractivity contribution in [1.29, 1.82) is 0 Å². The van der Waals surface area contributed by atoms with E-state index in [1.54, 1.807) is 17.9 Å². The van der Waals surface area contributed by atoms with Gasteiger partial charge in [-0.05, 0) is 41.5 Å². The van der Waals surface area contributed by atoms with E-state index in [0.717, 1.165) is 11.4 Å². The van der Waals surface area contributed by atoms with E-state index < -0.39 is 0 Å². The van der Waals surface area contributed by atoms with Gasteiger partial charge in [0.25, 0.3) is 5.56 Å². The fraction of sp³-hybridized carbons (Fsp3) is 0.286. The lowest BCUT2D eigenvalue weighted by Crippen LogP contribution is -2.22. The molecular weight excluding hydrogens is 404 g/mol. The summed E-state index contributed by atoms with van der Waals surface area (Å²) in [5.74, 6) is 2.36. The number of aryl methyl sites for hydroxylation is 1. The van der Waals surface area contributed by atoms with Gasteiger partial charge in [-0.1, -0.05) is 35.0 Å². The van der Waals surface area contributed by atoms with Gasteiger partial charge in [-0.15, -0.1) is 0 Å². The van der Waals surface area contributed by atoms with Gasteiger partial charge < -0.3 is 9.09 Å². The Kier molecular flexibility index (Phi) is 3.73. The molecule has 0 bridgehead atoms. The Morgan fingerprint density at radius 3 is 2.77 bits per heavy atom. The summed E-state index contributed by atoms with van der Waals surface area (Å²) in [6, 6.07) is 7.96. The van der Waals surface area contributed by atoms with Gasteiger partial charge in [0.2, 0.25) is 5.89 Å². The second kappa shape index (κ2) is 6.37. The normalized spacial score (nSPS) is 22.3. The van der Waals surface area contributed by atoms with E-state index in [0.29, 0.717) is 34.7 Å². The Morgan fingerprint density at radius 2 is 2.00 bits per heavy atom. The summed E-state index contributed by atoms with van der Waals surface area (Å²) in [6.45, 7) is 0.188. The number of aromatic nitrogens is 6. The topological polar surface area (TPSA) is 91.6 Å². The Balaban J connectivity index is 1.20. The second-order valence-corrected chi connectivity index (χ2v) is 8.36. The SMILES string of the molecule is Cn1cnc2ncn(Cc3nc([C@H]4[C@@H]5C=C(c6ccc(Cl)cc6)C[C@@H]54)no3)c(=O)c21. The van der Waals surface area contributed by atoms with Crippen molar-refractivity contribution in [2.45, 2.75) is 18.9 Å². The summed E-state index contributed by atoms with van der Waals surface area (Å²) in [7, 11) is 1.77. The van der Waals surface area contributed by atoms with Gasteiger partial charge in [0.15, 0.2) is 17.0 Å². The maximum atomic E-state index is 12.7. The van der Waals surface area contributed by atoms with Gasteiger partial charge in [0.05, 0.1) is 6.33 Å². The van der Waals surface area contributed by atoms with Crippen LogP contribution in [-0.4, -0.2) is 29.2 Å². The van der Waals surface area contributed by atoms with Crippen LogP contribution in [0, 0.1) is 11.8 Å². The molecule has 1 fully saturated rings. The van der Waals surface area contributed by atoms with Crippen LogP contribution in [0.4, 0.5) is 0 Å². The third kappa shape index (κ3) is 2.71. The fourth-order valence-corrected chi connectivity index (χ4v) is 4.61. The maximum absolute atomic E-state index is 12.7. The molecule has 3 heterocycles. The van der Waals surface area contributed by atoms with Crippen LogP contribution >= 0.6 is 11.6 Å². The lowest BCUT2D eigenvalue weighted by Gasteiger charge is -2.05. The summed E-state index contributed by atoms with van der Waals surface area (Å²) in [5, 5.41) is 4.93. The molecule has 0 spiro atoms. The largest absolute Gasteiger partial charge is 0.337 e. The van der Waals surface area contributed by atoms with Crippen LogP contribution in [0.3, 0.4) is 0 Å². The zero-order valence-electron chi connectivity index (χ0n) is 16.1. The Labute approximate surface area is 175 Å². The van der Waals surface area contributed by atoms with Crippen LogP contribution < -0.4 is 5.56 Å². The van der Waals surface area contributed by atoms with Crippen molar-refractivity contribution >= 4 is 28.3 Å². The first kappa shape index (κ1) is 17.6. The summed E-state index contributed by atoms with van der Waals surface area (Å²) in [5.41, 5.74) is 3.27. The summed E-state index contributed by atoms with van der Waals surface area (Å²) >= 11 is 5.98. The number of rotatable bonds is 4. The molecule has 1 saturated carbocycles. The Hall–Kier alpha value is -3.26. The molecule has 0 N–H and O–H groups in total. The van der Waals surface area contributed by atoms with Crippen LogP contribution in [0.25, 0.3) is 16.7 Å². The maximum Gasteiger partial charge on any atom is 0.280 e. The number of allylic oxidation sites excluding steroid dienone is 2. The van der Waals surface area contributed by atoms with Crippen LogP contribution in [0.15, 0.2) is 52.3 Å². The number of hydrogen-bond acceptors (Lipinski definition) is 6. The number of benzene rings is 1. The third-order valence-electron chi connectivity index (χ3n) is 6.08. The number of imidazole rings is 1. The first-order valence-corrected chi connectivity index (χ1v) is 10.1. The predicted molar refractivity (Wildman–Crippen MR) is 110 cm³/mol. The number of fused-ring (bicyclic) bond motifs is 2. The second-order valence-electron chi connectivity index (χ2n) is 7.92. The average Bonchev–Trinajstić information content (AvgIpc) is 3.16. The summed E-state index contributed by atoms with van der Waals surface area (Å²) in [4.78, 5) is 25.6. The molecule has 3 aromatic heterocycles. The van der Waals surface area contributed by atoms with Crippen molar-refractivity contribution in [3.8, 4) is 0 Å². The number of halogens is 1. The van der Waals surface area contributed by atoms with Crippen molar-refractivity contribution < 1.29 is 4.52 Å². The number of nitrogens with zero attached hydrogens (tertiary/aromatic N) is 6. The zero-order chi connectivity index (χ0) is 20.4. The van der Waals surface area contributed by atoms with Gasteiger partial charge in [0, 0.05) is 18.0 Å². The van der Waals surface area contributed by atoms with Crippen molar-refractivity contribution in [3.63, 3.8) is 0 Å². The molecule has 0 aliphatic heterocycles. The smallest absolute Gasteiger partial charge is 0.280 e. The monoisotopic (exact) mass is 420 g/mol. The lowest BCUT2D eigenvalue weighted by molar-refractivity contribution is 0.364. The van der Waals surface area contributed by atoms with Gasteiger partial charge in [-0.3, -0.25) is 9.36 Å². The molecule has 2 aliphatic carbocycles. The van der Waals surface area contributed by atoms with Crippen LogP contribution in [0.2, 0.25) is 5.02 Å². The molecule has 0 radical (unpaired) electrons. The Morgan fingerprint density at radius 1 is 1.20 bits per heavy atom. The summed E-state index contributed by atoms with van der Waals surface area (Å²) in [6.07, 6.45) is 6.36. The highest BCUT2D eigenvalue weighted by Crippen LogP contribution is 2.62. The molecule has 6 rings (SSSR count). The van der Waals surface area contributed by atoms with Gasteiger partial charge in [-0.25, -0.2) is 9.97 Å². The highest BCUT2D eigenvalue weighted by Gasteiger charge is 2.55. The van der Waals surface area contributed by atoms with E-state index in [1.807, 2.05) is 12.1 Å². The molecule has 30 heavy (non-hydrogen) atoms. The summed E-state index contributed by atoms with van der Waals surface area (Å²) < 4.78 is 8.56. The van der Waals surface area contributed by atoms with Crippen molar-refractivity contribution in [3.05, 3.63) is 75.7 Å². The van der Waals surface area contributed by atoms with Crippen LogP contribution in [0.1, 0.15) is 29.6 Å². The zero-order valence-corrected chi connectivity index (χ0v) is 16.8. The van der Waals surface area contributed by atoms with Crippen molar-refractivity contribution in [2.75, 3.05) is 0 Å². The highest BCUT2D eigenvalue weighted by molar-refractivity contribution is 6.30. The molecule has 9 heteroatoms. The first-order valence-electron chi connectivity index (χ1n) is 9.74. The quantitative estimate of drug-likeness (QED) is 0.504. The van der Waals surface area contributed by atoms with E-state index in [-0.39, 0.29) is 18.0 Å². The standard InChI is InChI=1S/C21H17ClN6O2/c1-27-9-23-20-18(27)21(29)28(10-24-20)8-16-25-19(26-30-16)17-14-6-12(7-15(14)17)11-2-4-13(22)5-3-11/h2-6,9-10,14-15,17H,7-8H2,1H3/t14-,15+,17+/m1/s1. The molecule has 150 valence electrons. The molecule has 0 unspecified atom stereocenters. The molecule has 8 nitrogen and oxygen atoms in total. The minimum atomic E-state index is -0.182. The average molecular weight is 421 g/mol. The Bertz CT molecular complexity index is 1370. The van der Waals surface area contributed by atoms with E-state index in [9.17, 15) is 4.79 Å². The number of hydrogen-bond donors (Lipinski definition) is 0. The van der Waals surface area contributed by atoms with E-state index in [1.165, 1.54) is 22.0 Å². The molecule has 3 atom stereocenters. The van der Waals surface area contributed by atoms with E-state index >= 15 is 0 Å². The lowest BCUT2D eigenvalue weighted by atomic mass is 10.0. The van der Waals surface area contributed by atoms with Crippen molar-refractivity contribution in [1.82, 2.24) is 29.2 Å². The fourth-order valence-electron chi connectivity index (χ4n) is 4.48. The van der Waals surface area contributed by atoms with Gasteiger partial charge in [0.1, 0.15) is 12.9 Å². The first-order chi connectivity index (χ1) is 14.6. The van der Waals surface area contributed by atoms with Crippen molar-refractivity contribution in [2.24, 2.45) is 18.9 Å². The molecular formula is C21H17ClN6O2.